The highest BCUT2D eigenvalue weighted by atomic mass is 16.6. The van der Waals surface area contributed by atoms with Crippen LogP contribution < -0.4 is 0 Å². The number of piperidine rings is 1. The minimum atomic E-state index is -0.115. The number of hydrogen-bond acceptors (Lipinski definition) is 4. The van der Waals surface area contributed by atoms with Crippen molar-refractivity contribution in [3.63, 3.8) is 0 Å². The Morgan fingerprint density at radius 2 is 1.65 bits per heavy atom. The molecule has 3 saturated heterocycles. The number of rotatable bonds is 3. The summed E-state index contributed by atoms with van der Waals surface area (Å²) in [6, 6.07) is 2.23. The first-order valence-electron chi connectivity index (χ1n) is 11.2. The zero-order chi connectivity index (χ0) is 17.9. The maximum absolute atomic E-state index is 12.0. The van der Waals surface area contributed by atoms with Gasteiger partial charge in [0.15, 0.2) is 0 Å². The van der Waals surface area contributed by atoms with Gasteiger partial charge in [-0.05, 0) is 57.9 Å². The van der Waals surface area contributed by atoms with Crippen LogP contribution in [0.4, 0.5) is 4.79 Å². The number of ether oxygens (including phenoxy) is 1. The summed E-state index contributed by atoms with van der Waals surface area (Å²) in [6.07, 6.45) is 12.1. The first kappa shape index (κ1) is 18.5. The van der Waals surface area contributed by atoms with E-state index in [9.17, 15) is 4.79 Å². The molecular weight excluding hydrogens is 326 g/mol. The van der Waals surface area contributed by atoms with Gasteiger partial charge in [-0.2, -0.15) is 0 Å². The fourth-order valence-corrected chi connectivity index (χ4v) is 6.21. The molecular formula is C21H37N3O2. The minimum Gasteiger partial charge on any atom is -0.450 e. The second-order valence-corrected chi connectivity index (χ2v) is 8.79. The third-order valence-corrected chi connectivity index (χ3v) is 7.43. The molecule has 4 fully saturated rings. The van der Waals surface area contributed by atoms with E-state index >= 15 is 0 Å². The van der Waals surface area contributed by atoms with E-state index in [0.29, 0.717) is 12.6 Å². The molecule has 2 atom stereocenters. The number of nitrogens with zero attached hydrogens (tertiary/aromatic N) is 3. The summed E-state index contributed by atoms with van der Waals surface area (Å²) in [4.78, 5) is 19.6. The Labute approximate surface area is 159 Å². The zero-order valence-corrected chi connectivity index (χ0v) is 16.6. The highest BCUT2D eigenvalue weighted by Crippen LogP contribution is 2.39. The predicted octanol–water partition coefficient (Wildman–Crippen LogP) is 3.34. The fourth-order valence-electron chi connectivity index (χ4n) is 6.21. The van der Waals surface area contributed by atoms with Crippen LogP contribution in [0, 0.1) is 5.92 Å². The Morgan fingerprint density at radius 3 is 2.38 bits per heavy atom. The van der Waals surface area contributed by atoms with Crippen LogP contribution in [0.1, 0.15) is 64.7 Å². The molecule has 4 aliphatic rings. The van der Waals surface area contributed by atoms with Gasteiger partial charge in [0, 0.05) is 44.3 Å². The Kier molecular flexibility index (Phi) is 6.04. The van der Waals surface area contributed by atoms with Crippen LogP contribution in [-0.2, 0) is 4.74 Å². The third kappa shape index (κ3) is 3.75. The molecule has 1 amide bonds. The first-order valence-corrected chi connectivity index (χ1v) is 11.2. The molecule has 26 heavy (non-hydrogen) atoms. The predicted molar refractivity (Wildman–Crippen MR) is 103 cm³/mol. The van der Waals surface area contributed by atoms with Crippen molar-refractivity contribution in [1.82, 2.24) is 14.7 Å². The molecule has 0 unspecified atom stereocenters. The van der Waals surface area contributed by atoms with E-state index < -0.39 is 0 Å². The molecule has 148 valence electrons. The van der Waals surface area contributed by atoms with Gasteiger partial charge in [0.25, 0.3) is 0 Å². The lowest BCUT2D eigenvalue weighted by Gasteiger charge is -2.53. The SMILES string of the molecule is CCOC(=O)N1CCC(N2CCN3CCC[C@H]3[C@H]2C2CCCCC2)CC1. The van der Waals surface area contributed by atoms with Crippen LogP contribution in [-0.4, -0.2) is 78.2 Å². The van der Waals surface area contributed by atoms with Crippen LogP contribution in [0.15, 0.2) is 0 Å². The summed E-state index contributed by atoms with van der Waals surface area (Å²) in [5.74, 6) is 0.901. The average Bonchev–Trinajstić information content (AvgIpc) is 3.17. The molecule has 0 aromatic carbocycles. The zero-order valence-electron chi connectivity index (χ0n) is 16.6. The summed E-state index contributed by atoms with van der Waals surface area (Å²) in [7, 11) is 0. The number of piperazine rings is 1. The van der Waals surface area contributed by atoms with Crippen molar-refractivity contribution in [2.24, 2.45) is 5.92 Å². The molecule has 0 aromatic rings. The first-order chi connectivity index (χ1) is 12.8. The van der Waals surface area contributed by atoms with Gasteiger partial charge in [-0.15, -0.1) is 0 Å². The monoisotopic (exact) mass is 363 g/mol. The van der Waals surface area contributed by atoms with Crippen LogP contribution in [0.3, 0.4) is 0 Å². The molecule has 0 N–H and O–H groups in total. The third-order valence-electron chi connectivity index (χ3n) is 7.43. The van der Waals surface area contributed by atoms with Crippen molar-refractivity contribution in [2.45, 2.75) is 82.8 Å². The number of amides is 1. The number of likely N-dealkylation sites (tertiary alicyclic amines) is 1. The standard InChI is InChI=1S/C21H37N3O2/c1-2-26-21(25)23-13-10-18(11-14-23)24-16-15-22-12-6-9-19(22)20(24)17-7-4-3-5-8-17/h17-20H,2-16H2,1H3/t19-,20+/m0/s1. The molecule has 3 aliphatic heterocycles. The van der Waals surface area contributed by atoms with Gasteiger partial charge >= 0.3 is 6.09 Å². The number of carbonyl (C=O) groups excluding carboxylic acids is 1. The van der Waals surface area contributed by atoms with E-state index in [0.717, 1.165) is 43.9 Å². The Morgan fingerprint density at radius 1 is 0.885 bits per heavy atom. The Bertz CT molecular complexity index is 472. The van der Waals surface area contributed by atoms with E-state index in [1.54, 1.807) is 0 Å². The number of carbonyl (C=O) groups is 1. The molecule has 0 bridgehead atoms. The van der Waals surface area contributed by atoms with Crippen LogP contribution in [0.5, 0.6) is 0 Å². The van der Waals surface area contributed by atoms with Crippen molar-refractivity contribution in [2.75, 3.05) is 39.3 Å². The van der Waals surface area contributed by atoms with Gasteiger partial charge in [0.2, 0.25) is 0 Å². The molecule has 3 heterocycles. The second kappa shape index (κ2) is 8.47. The van der Waals surface area contributed by atoms with Crippen molar-refractivity contribution < 1.29 is 9.53 Å². The Balaban J connectivity index is 1.43. The molecule has 1 aliphatic carbocycles. The van der Waals surface area contributed by atoms with Crippen molar-refractivity contribution >= 4 is 6.09 Å². The fraction of sp³-hybridized carbons (Fsp3) is 0.952. The molecule has 5 heteroatoms. The van der Waals surface area contributed by atoms with Gasteiger partial charge in [-0.25, -0.2) is 4.79 Å². The molecule has 0 spiro atoms. The lowest BCUT2D eigenvalue weighted by molar-refractivity contribution is -0.0382. The maximum Gasteiger partial charge on any atom is 0.409 e. The van der Waals surface area contributed by atoms with Gasteiger partial charge in [0.05, 0.1) is 6.61 Å². The van der Waals surface area contributed by atoms with Gasteiger partial charge < -0.3 is 9.64 Å². The van der Waals surface area contributed by atoms with E-state index in [1.165, 1.54) is 64.6 Å². The van der Waals surface area contributed by atoms with Crippen LogP contribution >= 0.6 is 0 Å². The number of hydrogen-bond donors (Lipinski definition) is 0. The average molecular weight is 364 g/mol. The molecule has 1 saturated carbocycles. The van der Waals surface area contributed by atoms with Crippen LogP contribution in [0.2, 0.25) is 0 Å². The quantitative estimate of drug-likeness (QED) is 0.770. The molecule has 0 radical (unpaired) electrons. The van der Waals surface area contributed by atoms with Crippen LogP contribution in [0.25, 0.3) is 0 Å². The van der Waals surface area contributed by atoms with E-state index in [-0.39, 0.29) is 6.09 Å². The molecule has 0 aromatic heterocycles. The van der Waals surface area contributed by atoms with Crippen molar-refractivity contribution in [3.8, 4) is 0 Å². The largest absolute Gasteiger partial charge is 0.450 e. The highest BCUT2D eigenvalue weighted by molar-refractivity contribution is 5.67. The van der Waals surface area contributed by atoms with Gasteiger partial charge in [0.1, 0.15) is 0 Å². The minimum absolute atomic E-state index is 0.115. The lowest BCUT2D eigenvalue weighted by atomic mass is 9.78. The number of fused-ring (bicyclic) bond motifs is 1. The van der Waals surface area contributed by atoms with Crippen molar-refractivity contribution in [3.05, 3.63) is 0 Å². The van der Waals surface area contributed by atoms with Crippen molar-refractivity contribution in [1.29, 1.82) is 0 Å². The molecule has 4 rings (SSSR count). The van der Waals surface area contributed by atoms with E-state index in [4.69, 9.17) is 4.74 Å². The van der Waals surface area contributed by atoms with E-state index in [1.807, 2.05) is 11.8 Å². The molecule has 5 nitrogen and oxygen atoms in total. The summed E-state index contributed by atoms with van der Waals surface area (Å²) >= 11 is 0. The second-order valence-electron chi connectivity index (χ2n) is 8.79. The van der Waals surface area contributed by atoms with E-state index in [2.05, 4.69) is 9.80 Å². The summed E-state index contributed by atoms with van der Waals surface area (Å²) in [6.45, 7) is 7.92. The summed E-state index contributed by atoms with van der Waals surface area (Å²) < 4.78 is 5.20. The Hall–Kier alpha value is -0.810. The highest BCUT2D eigenvalue weighted by Gasteiger charge is 2.45. The summed E-state index contributed by atoms with van der Waals surface area (Å²) in [5, 5.41) is 0. The summed E-state index contributed by atoms with van der Waals surface area (Å²) in [5.41, 5.74) is 0. The van der Waals surface area contributed by atoms with Gasteiger partial charge in [-0.1, -0.05) is 19.3 Å². The normalized spacial score (nSPS) is 32.6. The maximum atomic E-state index is 12.0. The lowest BCUT2D eigenvalue weighted by Crippen LogP contribution is -2.64. The topological polar surface area (TPSA) is 36.0 Å². The van der Waals surface area contributed by atoms with Gasteiger partial charge in [-0.3, -0.25) is 9.80 Å². The smallest absolute Gasteiger partial charge is 0.409 e.